The molecular weight excluding hydrogens is 409 g/mol. The van der Waals surface area contributed by atoms with E-state index in [1.165, 1.54) is 12.1 Å². The van der Waals surface area contributed by atoms with E-state index in [9.17, 15) is 14.0 Å². The number of halogens is 1. The van der Waals surface area contributed by atoms with Crippen LogP contribution in [0.2, 0.25) is 0 Å². The van der Waals surface area contributed by atoms with Crippen molar-refractivity contribution in [3.63, 3.8) is 0 Å². The Hall–Kier alpha value is -2.80. The van der Waals surface area contributed by atoms with E-state index in [0.717, 1.165) is 11.4 Å². The van der Waals surface area contributed by atoms with Gasteiger partial charge in [0.05, 0.1) is 29.0 Å². The Morgan fingerprint density at radius 1 is 0.938 bits per heavy atom. The summed E-state index contributed by atoms with van der Waals surface area (Å²) in [6, 6.07) is 9.83. The second kappa shape index (κ2) is 9.36. The summed E-state index contributed by atoms with van der Waals surface area (Å²) in [5.74, 6) is -0.720. The van der Waals surface area contributed by atoms with Crippen LogP contribution < -0.4 is 0 Å². The molecule has 32 heavy (non-hydrogen) atoms. The molecule has 4 rings (SSSR count). The van der Waals surface area contributed by atoms with E-state index in [1.54, 1.807) is 17.0 Å². The summed E-state index contributed by atoms with van der Waals surface area (Å²) in [5, 5.41) is 0. The van der Waals surface area contributed by atoms with Crippen LogP contribution in [-0.4, -0.2) is 65.0 Å². The quantitative estimate of drug-likeness (QED) is 0.730. The number of hydrogen-bond donors (Lipinski definition) is 0. The molecule has 2 saturated heterocycles. The zero-order valence-corrected chi connectivity index (χ0v) is 18.9. The van der Waals surface area contributed by atoms with Gasteiger partial charge in [-0.1, -0.05) is 12.1 Å². The van der Waals surface area contributed by atoms with Gasteiger partial charge in [0.15, 0.2) is 0 Å². The van der Waals surface area contributed by atoms with Crippen molar-refractivity contribution in [3.05, 3.63) is 64.7 Å². The number of morpholine rings is 1. The number of pyridine rings is 1. The summed E-state index contributed by atoms with van der Waals surface area (Å²) < 4.78 is 19.8. The van der Waals surface area contributed by atoms with E-state index in [-0.39, 0.29) is 35.5 Å². The summed E-state index contributed by atoms with van der Waals surface area (Å²) in [6.07, 6.45) is 1.37. The minimum atomic E-state index is -0.498. The second-order valence-electron chi connectivity index (χ2n) is 8.90. The number of aromatic nitrogens is 1. The van der Waals surface area contributed by atoms with E-state index in [2.05, 4.69) is 0 Å². The molecule has 1 aromatic carbocycles. The maximum absolute atomic E-state index is 14.0. The molecule has 2 amide bonds. The Bertz CT molecular complexity index is 994. The lowest BCUT2D eigenvalue weighted by Crippen LogP contribution is -2.48. The number of carbonyl (C=O) groups is 2. The van der Waals surface area contributed by atoms with Gasteiger partial charge < -0.3 is 14.5 Å². The summed E-state index contributed by atoms with van der Waals surface area (Å²) in [7, 11) is 0. The third-order valence-corrected chi connectivity index (χ3v) is 6.27. The molecule has 2 atom stereocenters. The molecule has 2 aliphatic heterocycles. The van der Waals surface area contributed by atoms with Crippen molar-refractivity contribution in [3.8, 4) is 0 Å². The maximum atomic E-state index is 14.0. The summed E-state index contributed by atoms with van der Waals surface area (Å²) in [4.78, 5) is 34.4. The fraction of sp³-hybridized carbons (Fsp3) is 0.480. The Balaban J connectivity index is 1.50. The molecule has 0 saturated carbocycles. The van der Waals surface area contributed by atoms with E-state index >= 15 is 0 Å². The molecule has 0 N–H and O–H groups in total. The van der Waals surface area contributed by atoms with Crippen LogP contribution in [0.15, 0.2) is 36.4 Å². The van der Waals surface area contributed by atoms with Gasteiger partial charge in [0.2, 0.25) is 0 Å². The summed E-state index contributed by atoms with van der Waals surface area (Å²) in [6.45, 7) is 8.02. The van der Waals surface area contributed by atoms with Crippen molar-refractivity contribution in [2.24, 2.45) is 0 Å². The fourth-order valence-electron chi connectivity index (χ4n) is 4.74. The number of rotatable bonds is 3. The summed E-state index contributed by atoms with van der Waals surface area (Å²) in [5.41, 5.74) is 2.41. The molecule has 2 unspecified atom stereocenters. The first-order valence-corrected chi connectivity index (χ1v) is 11.3. The molecule has 1 aromatic heterocycles. The van der Waals surface area contributed by atoms with Gasteiger partial charge in [-0.15, -0.1) is 0 Å². The van der Waals surface area contributed by atoms with Crippen LogP contribution in [0.5, 0.6) is 0 Å². The number of piperidine rings is 1. The third-order valence-electron chi connectivity index (χ3n) is 6.27. The fourth-order valence-corrected chi connectivity index (χ4v) is 4.74. The Kier molecular flexibility index (Phi) is 6.55. The minimum Gasteiger partial charge on any atom is -0.372 e. The molecule has 2 aliphatic rings. The van der Waals surface area contributed by atoms with Crippen LogP contribution >= 0.6 is 0 Å². The molecule has 0 spiro atoms. The van der Waals surface area contributed by atoms with E-state index in [0.29, 0.717) is 44.6 Å². The van der Waals surface area contributed by atoms with E-state index < -0.39 is 5.82 Å². The number of benzene rings is 1. The zero-order chi connectivity index (χ0) is 22.8. The highest BCUT2D eigenvalue weighted by Gasteiger charge is 2.32. The van der Waals surface area contributed by atoms with Gasteiger partial charge in [-0.05, 0) is 57.9 Å². The van der Waals surface area contributed by atoms with Crippen molar-refractivity contribution in [1.29, 1.82) is 0 Å². The average Bonchev–Trinajstić information content (AvgIpc) is 2.78. The van der Waals surface area contributed by atoms with Crippen LogP contribution in [0, 0.1) is 12.7 Å². The number of carbonyl (C=O) groups excluding carboxylic acids is 2. The number of hydrogen-bond acceptors (Lipinski definition) is 4. The first kappa shape index (κ1) is 22.4. The Morgan fingerprint density at radius 3 is 2.22 bits per heavy atom. The first-order chi connectivity index (χ1) is 15.3. The predicted octanol–water partition coefficient (Wildman–Crippen LogP) is 3.80. The van der Waals surface area contributed by atoms with E-state index in [1.807, 2.05) is 37.8 Å². The highest BCUT2D eigenvalue weighted by molar-refractivity contribution is 5.96. The van der Waals surface area contributed by atoms with Crippen LogP contribution in [0.1, 0.15) is 64.7 Å². The van der Waals surface area contributed by atoms with Crippen molar-refractivity contribution < 1.29 is 18.7 Å². The van der Waals surface area contributed by atoms with Crippen LogP contribution in [0.3, 0.4) is 0 Å². The second-order valence-corrected chi connectivity index (χ2v) is 8.90. The standard InChI is InChI=1S/C25H30FN3O3/c1-16-8-9-21(25(31)29-14-17(2)32-18(3)15-29)23(27-16)19-10-12-28(13-11-19)24(30)20-6-4-5-7-22(20)26/h4-9,17-19H,10-15H2,1-3H3. The van der Waals surface area contributed by atoms with Gasteiger partial charge in [0, 0.05) is 37.8 Å². The smallest absolute Gasteiger partial charge is 0.256 e. The molecule has 170 valence electrons. The lowest BCUT2D eigenvalue weighted by atomic mass is 9.89. The topological polar surface area (TPSA) is 62.7 Å². The van der Waals surface area contributed by atoms with Crippen LogP contribution in [0.25, 0.3) is 0 Å². The number of ether oxygens (including phenoxy) is 1. The lowest BCUT2D eigenvalue weighted by molar-refractivity contribution is -0.0586. The monoisotopic (exact) mass is 439 g/mol. The molecule has 0 aliphatic carbocycles. The van der Waals surface area contributed by atoms with Gasteiger partial charge in [-0.25, -0.2) is 4.39 Å². The Labute approximate surface area is 188 Å². The highest BCUT2D eigenvalue weighted by Crippen LogP contribution is 2.31. The van der Waals surface area contributed by atoms with Gasteiger partial charge in [-0.3, -0.25) is 14.6 Å². The molecular formula is C25H30FN3O3. The van der Waals surface area contributed by atoms with Crippen molar-refractivity contribution >= 4 is 11.8 Å². The molecule has 6 nitrogen and oxygen atoms in total. The van der Waals surface area contributed by atoms with Crippen molar-refractivity contribution in [1.82, 2.24) is 14.8 Å². The number of amides is 2. The van der Waals surface area contributed by atoms with E-state index in [4.69, 9.17) is 9.72 Å². The molecule has 0 radical (unpaired) electrons. The maximum Gasteiger partial charge on any atom is 0.256 e. The summed E-state index contributed by atoms with van der Waals surface area (Å²) >= 11 is 0. The Morgan fingerprint density at radius 2 is 1.56 bits per heavy atom. The van der Waals surface area contributed by atoms with Crippen LogP contribution in [-0.2, 0) is 4.74 Å². The SMILES string of the molecule is Cc1ccc(C(=O)N2CC(C)OC(C)C2)c(C2CCN(C(=O)c3ccccc3F)CC2)n1. The van der Waals surface area contributed by atoms with Crippen molar-refractivity contribution in [2.75, 3.05) is 26.2 Å². The minimum absolute atomic E-state index is 0.00260. The number of likely N-dealkylation sites (tertiary alicyclic amines) is 1. The number of nitrogens with zero attached hydrogens (tertiary/aromatic N) is 3. The average molecular weight is 440 g/mol. The largest absolute Gasteiger partial charge is 0.372 e. The van der Waals surface area contributed by atoms with Gasteiger partial charge in [0.25, 0.3) is 11.8 Å². The van der Waals surface area contributed by atoms with Gasteiger partial charge in [-0.2, -0.15) is 0 Å². The lowest BCUT2D eigenvalue weighted by Gasteiger charge is -2.36. The molecule has 3 heterocycles. The first-order valence-electron chi connectivity index (χ1n) is 11.3. The number of aryl methyl sites for hydroxylation is 1. The normalized spacial score (nSPS) is 22.1. The highest BCUT2D eigenvalue weighted by atomic mass is 19.1. The van der Waals surface area contributed by atoms with Crippen molar-refractivity contribution in [2.45, 2.75) is 51.7 Å². The third kappa shape index (κ3) is 4.67. The molecule has 2 fully saturated rings. The molecule has 0 bridgehead atoms. The molecule has 2 aromatic rings. The zero-order valence-electron chi connectivity index (χ0n) is 18.9. The molecule has 7 heteroatoms. The van der Waals surface area contributed by atoms with Crippen LogP contribution in [0.4, 0.5) is 4.39 Å². The predicted molar refractivity (Wildman–Crippen MR) is 119 cm³/mol. The van der Waals surface area contributed by atoms with Gasteiger partial charge >= 0.3 is 0 Å². The van der Waals surface area contributed by atoms with Gasteiger partial charge in [0.1, 0.15) is 5.82 Å².